The Morgan fingerprint density at radius 3 is 2.55 bits per heavy atom. The van der Waals surface area contributed by atoms with Crippen LogP contribution in [0.5, 0.6) is 11.5 Å². The maximum Gasteiger partial charge on any atom is 0.312 e. The van der Waals surface area contributed by atoms with Gasteiger partial charge in [-0.3, -0.25) is 9.59 Å². The van der Waals surface area contributed by atoms with Crippen LogP contribution in [-0.4, -0.2) is 39.6 Å². The molecule has 0 unspecified atom stereocenters. The van der Waals surface area contributed by atoms with Crippen molar-refractivity contribution >= 4 is 11.9 Å². The predicted molar refractivity (Wildman–Crippen MR) is 72.3 cm³/mol. The van der Waals surface area contributed by atoms with Crippen LogP contribution < -0.4 is 9.47 Å². The van der Waals surface area contributed by atoms with Crippen molar-refractivity contribution < 1.29 is 33.3 Å². The lowest BCUT2D eigenvalue weighted by Gasteiger charge is -2.19. The second kappa shape index (κ2) is 5.84. The van der Waals surface area contributed by atoms with Crippen LogP contribution in [0.2, 0.25) is 0 Å². The molecule has 0 saturated carbocycles. The van der Waals surface area contributed by atoms with E-state index < -0.39 is 29.9 Å². The van der Waals surface area contributed by atoms with Gasteiger partial charge in [-0.05, 0) is 17.7 Å². The van der Waals surface area contributed by atoms with Crippen LogP contribution in [-0.2, 0) is 23.8 Å². The third kappa shape index (κ3) is 2.37. The van der Waals surface area contributed by atoms with Crippen molar-refractivity contribution in [3.05, 3.63) is 23.8 Å². The van der Waals surface area contributed by atoms with Gasteiger partial charge < -0.3 is 23.7 Å². The van der Waals surface area contributed by atoms with E-state index in [1.54, 1.807) is 18.2 Å². The summed E-state index contributed by atoms with van der Waals surface area (Å²) in [5.41, 5.74) is 0.728. The van der Waals surface area contributed by atoms with Crippen molar-refractivity contribution in [1.29, 1.82) is 0 Å². The molecular weight excluding hydrogens is 292 g/mol. The summed E-state index contributed by atoms with van der Waals surface area (Å²) in [5, 5.41) is 0. The molecule has 3 atom stereocenters. The zero-order valence-electron chi connectivity index (χ0n) is 12.2. The minimum atomic E-state index is -0.752. The van der Waals surface area contributed by atoms with Gasteiger partial charge in [-0.15, -0.1) is 0 Å². The van der Waals surface area contributed by atoms with E-state index in [9.17, 15) is 9.59 Å². The Bertz CT molecular complexity index is 598. The molecule has 0 radical (unpaired) electrons. The van der Waals surface area contributed by atoms with Crippen LogP contribution in [0.1, 0.15) is 11.7 Å². The topological polar surface area (TPSA) is 80.3 Å². The molecule has 0 N–H and O–H groups in total. The van der Waals surface area contributed by atoms with Gasteiger partial charge in [0.05, 0.1) is 32.8 Å². The van der Waals surface area contributed by atoms with Gasteiger partial charge >= 0.3 is 11.9 Å². The van der Waals surface area contributed by atoms with E-state index in [4.69, 9.17) is 23.7 Å². The normalized spacial score (nSPS) is 25.8. The SMILES string of the molecule is COC(=O)[C@@H]1[C@@H](C(=O)OC)CO[C@@H]1c1ccc2c(c1)OCO2. The fraction of sp³-hybridized carbons (Fsp3) is 0.467. The van der Waals surface area contributed by atoms with Crippen molar-refractivity contribution in [2.24, 2.45) is 11.8 Å². The minimum Gasteiger partial charge on any atom is -0.469 e. The number of benzene rings is 1. The predicted octanol–water partition coefficient (Wildman–Crippen LogP) is 1.06. The second-order valence-electron chi connectivity index (χ2n) is 5.05. The number of methoxy groups -OCH3 is 2. The summed E-state index contributed by atoms with van der Waals surface area (Å²) in [6.45, 7) is 0.265. The van der Waals surface area contributed by atoms with Crippen LogP contribution in [0.15, 0.2) is 18.2 Å². The first-order valence-electron chi connectivity index (χ1n) is 6.82. The molecule has 1 fully saturated rings. The van der Waals surface area contributed by atoms with Crippen LogP contribution in [0, 0.1) is 11.8 Å². The largest absolute Gasteiger partial charge is 0.469 e. The Labute approximate surface area is 127 Å². The molecule has 0 bridgehead atoms. The summed E-state index contributed by atoms with van der Waals surface area (Å²) >= 11 is 0. The zero-order valence-corrected chi connectivity index (χ0v) is 12.2. The van der Waals surface area contributed by atoms with Gasteiger partial charge in [-0.1, -0.05) is 6.07 Å². The van der Waals surface area contributed by atoms with Crippen molar-refractivity contribution in [1.82, 2.24) is 0 Å². The van der Waals surface area contributed by atoms with Crippen LogP contribution in [0.4, 0.5) is 0 Å². The summed E-state index contributed by atoms with van der Waals surface area (Å²) in [5.74, 6) is -1.20. The Morgan fingerprint density at radius 2 is 1.82 bits per heavy atom. The highest BCUT2D eigenvalue weighted by molar-refractivity contribution is 5.83. The third-order valence-corrected chi connectivity index (χ3v) is 3.92. The van der Waals surface area contributed by atoms with E-state index in [1.807, 2.05) is 0 Å². The summed E-state index contributed by atoms with van der Waals surface area (Å²) < 4.78 is 25.8. The molecule has 0 amide bonds. The minimum absolute atomic E-state index is 0.103. The molecule has 1 aromatic rings. The average molecular weight is 308 g/mol. The second-order valence-corrected chi connectivity index (χ2v) is 5.05. The Kier molecular flexibility index (Phi) is 3.89. The number of ether oxygens (including phenoxy) is 5. The summed E-state index contributed by atoms with van der Waals surface area (Å²) in [6.07, 6.45) is -0.592. The van der Waals surface area contributed by atoms with Crippen molar-refractivity contribution in [2.75, 3.05) is 27.6 Å². The molecule has 2 aliphatic rings. The number of carbonyl (C=O) groups excluding carboxylic acids is 2. The van der Waals surface area contributed by atoms with E-state index in [1.165, 1.54) is 14.2 Å². The molecule has 2 aliphatic heterocycles. The lowest BCUT2D eigenvalue weighted by atomic mass is 9.87. The molecular formula is C15H16O7. The molecule has 0 aliphatic carbocycles. The quantitative estimate of drug-likeness (QED) is 0.772. The number of esters is 2. The van der Waals surface area contributed by atoms with Crippen molar-refractivity contribution in [3.63, 3.8) is 0 Å². The van der Waals surface area contributed by atoms with E-state index in [2.05, 4.69) is 0 Å². The number of hydrogen-bond donors (Lipinski definition) is 0. The van der Waals surface area contributed by atoms with Gasteiger partial charge in [0.2, 0.25) is 6.79 Å². The molecule has 7 nitrogen and oxygen atoms in total. The van der Waals surface area contributed by atoms with E-state index in [0.29, 0.717) is 11.5 Å². The molecule has 0 spiro atoms. The Hall–Kier alpha value is -2.28. The maximum absolute atomic E-state index is 12.1. The average Bonchev–Trinajstić information content (AvgIpc) is 3.18. The van der Waals surface area contributed by atoms with Crippen molar-refractivity contribution in [3.8, 4) is 11.5 Å². The smallest absolute Gasteiger partial charge is 0.312 e. The summed E-state index contributed by atoms with van der Waals surface area (Å²) in [6, 6.07) is 5.29. The lowest BCUT2D eigenvalue weighted by Crippen LogP contribution is -2.31. The Morgan fingerprint density at radius 1 is 1.09 bits per heavy atom. The van der Waals surface area contributed by atoms with Gasteiger partial charge in [0.1, 0.15) is 5.92 Å². The van der Waals surface area contributed by atoms with Gasteiger partial charge in [-0.2, -0.15) is 0 Å². The van der Waals surface area contributed by atoms with Crippen molar-refractivity contribution in [2.45, 2.75) is 6.10 Å². The van der Waals surface area contributed by atoms with Crippen LogP contribution in [0.3, 0.4) is 0 Å². The third-order valence-electron chi connectivity index (χ3n) is 3.92. The van der Waals surface area contributed by atoms with Gasteiger partial charge in [0.15, 0.2) is 11.5 Å². The molecule has 2 heterocycles. The fourth-order valence-corrected chi connectivity index (χ4v) is 2.81. The molecule has 3 rings (SSSR count). The van der Waals surface area contributed by atoms with Gasteiger partial charge in [0.25, 0.3) is 0 Å². The maximum atomic E-state index is 12.1. The first-order chi connectivity index (χ1) is 10.7. The van der Waals surface area contributed by atoms with Gasteiger partial charge in [0, 0.05) is 0 Å². The number of carbonyl (C=O) groups is 2. The van der Waals surface area contributed by atoms with Crippen LogP contribution >= 0.6 is 0 Å². The fourth-order valence-electron chi connectivity index (χ4n) is 2.81. The number of rotatable bonds is 3. The first kappa shape index (κ1) is 14.6. The highest BCUT2D eigenvalue weighted by Gasteiger charge is 2.48. The monoisotopic (exact) mass is 308 g/mol. The zero-order chi connectivity index (χ0) is 15.7. The number of fused-ring (bicyclic) bond motifs is 1. The molecule has 0 aromatic heterocycles. The molecule has 1 aromatic carbocycles. The summed E-state index contributed by atoms with van der Waals surface area (Å²) in [4.78, 5) is 24.0. The van der Waals surface area contributed by atoms with Crippen LogP contribution in [0.25, 0.3) is 0 Å². The standard InChI is InChI=1S/C15H16O7/c1-18-14(16)9-6-20-13(12(9)15(17)19-2)8-3-4-10-11(5-8)22-7-21-10/h3-5,9,12-13H,6-7H2,1-2H3/t9-,12+,13+/m0/s1. The highest BCUT2D eigenvalue weighted by Crippen LogP contribution is 2.43. The van der Waals surface area contributed by atoms with E-state index in [-0.39, 0.29) is 13.4 Å². The van der Waals surface area contributed by atoms with E-state index >= 15 is 0 Å². The lowest BCUT2D eigenvalue weighted by molar-refractivity contribution is -0.156. The molecule has 118 valence electrons. The van der Waals surface area contributed by atoms with E-state index in [0.717, 1.165) is 5.56 Å². The molecule has 1 saturated heterocycles. The first-order valence-corrected chi connectivity index (χ1v) is 6.82. The summed E-state index contributed by atoms with van der Waals surface area (Å²) in [7, 11) is 2.57. The molecule has 22 heavy (non-hydrogen) atoms. The van der Waals surface area contributed by atoms with Gasteiger partial charge in [-0.25, -0.2) is 0 Å². The molecule has 7 heteroatoms. The highest BCUT2D eigenvalue weighted by atomic mass is 16.7. The number of hydrogen-bond acceptors (Lipinski definition) is 7. The Balaban J connectivity index is 1.91.